The van der Waals surface area contributed by atoms with Gasteiger partial charge in [0.1, 0.15) is 0 Å². The number of amides is 1. The Morgan fingerprint density at radius 3 is 2.47 bits per heavy atom. The van der Waals surface area contributed by atoms with Gasteiger partial charge in [-0.2, -0.15) is 0 Å². The maximum atomic E-state index is 12.0. The van der Waals surface area contributed by atoms with Crippen molar-refractivity contribution in [3.8, 4) is 11.5 Å². The van der Waals surface area contributed by atoms with E-state index >= 15 is 0 Å². The number of anilines is 1. The summed E-state index contributed by atoms with van der Waals surface area (Å²) in [7, 11) is 0. The number of benzene rings is 2. The van der Waals surface area contributed by atoms with E-state index in [4.69, 9.17) is 11.6 Å². The molecular formula is C14H12ClNO3. The first-order valence-electron chi connectivity index (χ1n) is 5.57. The van der Waals surface area contributed by atoms with Gasteiger partial charge in [-0.05, 0) is 48.9 Å². The quantitative estimate of drug-likeness (QED) is 0.738. The van der Waals surface area contributed by atoms with Crippen LogP contribution in [-0.2, 0) is 0 Å². The molecule has 0 spiro atoms. The third-order valence-electron chi connectivity index (χ3n) is 2.67. The number of hydrogen-bond acceptors (Lipinski definition) is 3. The van der Waals surface area contributed by atoms with E-state index in [9.17, 15) is 15.0 Å². The predicted molar refractivity (Wildman–Crippen MR) is 73.9 cm³/mol. The molecule has 1 amide bonds. The van der Waals surface area contributed by atoms with Crippen molar-refractivity contribution in [1.82, 2.24) is 0 Å². The van der Waals surface area contributed by atoms with Crippen LogP contribution in [0.2, 0.25) is 5.02 Å². The summed E-state index contributed by atoms with van der Waals surface area (Å²) >= 11 is 5.84. The van der Waals surface area contributed by atoms with Crippen molar-refractivity contribution in [3.05, 3.63) is 52.5 Å². The lowest BCUT2D eigenvalue weighted by molar-refractivity contribution is 0.102. The molecule has 19 heavy (non-hydrogen) atoms. The molecule has 0 aliphatic carbocycles. The molecule has 5 heteroatoms. The minimum absolute atomic E-state index is 0.254. The molecule has 2 aromatic rings. The van der Waals surface area contributed by atoms with Crippen LogP contribution in [0.5, 0.6) is 11.5 Å². The number of carbonyl (C=O) groups is 1. The minimum Gasteiger partial charge on any atom is -0.504 e. The Morgan fingerprint density at radius 1 is 1.11 bits per heavy atom. The molecule has 0 aliphatic rings. The van der Waals surface area contributed by atoms with Gasteiger partial charge in [0.25, 0.3) is 5.91 Å². The summed E-state index contributed by atoms with van der Waals surface area (Å²) in [4.78, 5) is 12.0. The molecule has 0 atom stereocenters. The van der Waals surface area contributed by atoms with Gasteiger partial charge in [-0.3, -0.25) is 4.79 Å². The average Bonchev–Trinajstić information content (AvgIpc) is 2.36. The van der Waals surface area contributed by atoms with Gasteiger partial charge in [-0.15, -0.1) is 0 Å². The second-order valence-electron chi connectivity index (χ2n) is 4.12. The Bertz CT molecular complexity index is 641. The molecule has 3 N–H and O–H groups in total. The van der Waals surface area contributed by atoms with Crippen molar-refractivity contribution in [3.63, 3.8) is 0 Å². The van der Waals surface area contributed by atoms with Crippen molar-refractivity contribution < 1.29 is 15.0 Å². The van der Waals surface area contributed by atoms with Gasteiger partial charge < -0.3 is 15.5 Å². The highest BCUT2D eigenvalue weighted by Gasteiger charge is 2.10. The first kappa shape index (κ1) is 13.2. The lowest BCUT2D eigenvalue weighted by atomic mass is 10.1. The molecular weight excluding hydrogens is 266 g/mol. The number of hydrogen-bond donors (Lipinski definition) is 3. The predicted octanol–water partition coefficient (Wildman–Crippen LogP) is 3.31. The van der Waals surface area contributed by atoms with Gasteiger partial charge in [0, 0.05) is 16.3 Å². The fraction of sp³-hybridized carbons (Fsp3) is 0.0714. The summed E-state index contributed by atoms with van der Waals surface area (Å²) < 4.78 is 0. The van der Waals surface area contributed by atoms with Gasteiger partial charge in [0.15, 0.2) is 11.5 Å². The molecule has 0 unspecified atom stereocenters. The molecule has 0 aliphatic heterocycles. The molecule has 4 nitrogen and oxygen atoms in total. The van der Waals surface area contributed by atoms with Crippen molar-refractivity contribution in [2.75, 3.05) is 5.32 Å². The SMILES string of the molecule is Cc1cc(Cl)ccc1NC(=O)c1ccc(O)c(O)c1. The monoisotopic (exact) mass is 277 g/mol. The Hall–Kier alpha value is -2.20. The van der Waals surface area contributed by atoms with Crippen LogP contribution in [0.25, 0.3) is 0 Å². The highest BCUT2D eigenvalue weighted by Crippen LogP contribution is 2.26. The molecule has 0 radical (unpaired) electrons. The first-order chi connectivity index (χ1) is 8.97. The van der Waals surface area contributed by atoms with Gasteiger partial charge in [-0.25, -0.2) is 0 Å². The zero-order valence-corrected chi connectivity index (χ0v) is 10.9. The number of nitrogens with one attached hydrogen (secondary N) is 1. The summed E-state index contributed by atoms with van der Waals surface area (Å²) in [6.45, 7) is 1.83. The second kappa shape index (κ2) is 5.20. The van der Waals surface area contributed by atoms with Gasteiger partial charge in [0.2, 0.25) is 0 Å². The Morgan fingerprint density at radius 2 is 1.84 bits per heavy atom. The summed E-state index contributed by atoms with van der Waals surface area (Å²) in [5.41, 5.74) is 1.73. The van der Waals surface area contributed by atoms with Crippen molar-refractivity contribution in [1.29, 1.82) is 0 Å². The zero-order chi connectivity index (χ0) is 14.0. The number of carbonyl (C=O) groups excluding carboxylic acids is 1. The molecule has 0 saturated carbocycles. The largest absolute Gasteiger partial charge is 0.504 e. The Kier molecular flexibility index (Phi) is 3.62. The maximum absolute atomic E-state index is 12.0. The molecule has 0 bridgehead atoms. The third kappa shape index (κ3) is 2.98. The highest BCUT2D eigenvalue weighted by molar-refractivity contribution is 6.30. The van der Waals surface area contributed by atoms with Crippen LogP contribution in [0.1, 0.15) is 15.9 Å². The summed E-state index contributed by atoms with van der Waals surface area (Å²) in [6, 6.07) is 9.02. The van der Waals surface area contributed by atoms with E-state index in [0.29, 0.717) is 10.7 Å². The van der Waals surface area contributed by atoms with E-state index in [-0.39, 0.29) is 23.0 Å². The second-order valence-corrected chi connectivity index (χ2v) is 4.55. The number of aryl methyl sites for hydroxylation is 1. The van der Waals surface area contributed by atoms with E-state index in [2.05, 4.69) is 5.32 Å². The molecule has 98 valence electrons. The normalized spacial score (nSPS) is 10.2. The van der Waals surface area contributed by atoms with Crippen LogP contribution in [0.15, 0.2) is 36.4 Å². The van der Waals surface area contributed by atoms with E-state index in [0.717, 1.165) is 5.56 Å². The smallest absolute Gasteiger partial charge is 0.255 e. The summed E-state index contributed by atoms with van der Waals surface area (Å²) in [5, 5.41) is 21.9. The van der Waals surface area contributed by atoms with E-state index in [1.54, 1.807) is 18.2 Å². The molecule has 2 rings (SSSR count). The number of aromatic hydroxyl groups is 2. The molecule has 0 heterocycles. The first-order valence-corrected chi connectivity index (χ1v) is 5.94. The zero-order valence-electron chi connectivity index (χ0n) is 10.1. The van der Waals surface area contributed by atoms with E-state index in [1.807, 2.05) is 6.92 Å². The average molecular weight is 278 g/mol. The number of halogens is 1. The maximum Gasteiger partial charge on any atom is 0.255 e. The van der Waals surface area contributed by atoms with Crippen LogP contribution >= 0.6 is 11.6 Å². The van der Waals surface area contributed by atoms with Crippen LogP contribution < -0.4 is 5.32 Å². The van der Waals surface area contributed by atoms with Gasteiger partial charge >= 0.3 is 0 Å². The fourth-order valence-electron chi connectivity index (χ4n) is 1.63. The van der Waals surface area contributed by atoms with Crippen LogP contribution in [-0.4, -0.2) is 16.1 Å². The number of rotatable bonds is 2. The Labute approximate surface area is 115 Å². The lowest BCUT2D eigenvalue weighted by Crippen LogP contribution is -2.12. The van der Waals surface area contributed by atoms with Gasteiger partial charge in [-0.1, -0.05) is 11.6 Å². The van der Waals surface area contributed by atoms with E-state index < -0.39 is 0 Å². The molecule has 2 aromatic carbocycles. The molecule has 0 fully saturated rings. The summed E-state index contributed by atoms with van der Waals surface area (Å²) in [6.07, 6.45) is 0. The highest BCUT2D eigenvalue weighted by atomic mass is 35.5. The van der Waals surface area contributed by atoms with Crippen molar-refractivity contribution in [2.24, 2.45) is 0 Å². The van der Waals surface area contributed by atoms with E-state index in [1.165, 1.54) is 18.2 Å². The standard InChI is InChI=1S/C14H12ClNO3/c1-8-6-10(15)3-4-11(8)16-14(19)9-2-5-12(17)13(18)7-9/h2-7,17-18H,1H3,(H,16,19). The molecule has 0 aromatic heterocycles. The topological polar surface area (TPSA) is 69.6 Å². The van der Waals surface area contributed by atoms with Crippen LogP contribution in [0, 0.1) is 6.92 Å². The lowest BCUT2D eigenvalue weighted by Gasteiger charge is -2.09. The van der Waals surface area contributed by atoms with Crippen molar-refractivity contribution >= 4 is 23.2 Å². The molecule has 0 saturated heterocycles. The number of phenolic OH excluding ortho intramolecular Hbond substituents is 2. The van der Waals surface area contributed by atoms with Gasteiger partial charge in [0.05, 0.1) is 0 Å². The van der Waals surface area contributed by atoms with Crippen molar-refractivity contribution in [2.45, 2.75) is 6.92 Å². The van der Waals surface area contributed by atoms with Crippen LogP contribution in [0.3, 0.4) is 0 Å². The Balaban J connectivity index is 2.23. The fourth-order valence-corrected chi connectivity index (χ4v) is 1.85. The third-order valence-corrected chi connectivity index (χ3v) is 2.91. The van der Waals surface area contributed by atoms with Crippen LogP contribution in [0.4, 0.5) is 5.69 Å². The summed E-state index contributed by atoms with van der Waals surface area (Å²) in [5.74, 6) is -0.972. The number of phenols is 2. The minimum atomic E-state index is -0.374.